The van der Waals surface area contributed by atoms with E-state index < -0.39 is 0 Å². The highest BCUT2D eigenvalue weighted by Crippen LogP contribution is 2.43. The number of Topliss-reactive ketones (excluding diaryl/α,β-unsaturated/α-hetero) is 1. The second kappa shape index (κ2) is 3.08. The fourth-order valence-corrected chi connectivity index (χ4v) is 3.16. The van der Waals surface area contributed by atoms with Crippen LogP contribution in [-0.4, -0.2) is 12.4 Å². The Morgan fingerprint density at radius 1 is 1.20 bits per heavy atom. The Morgan fingerprint density at radius 3 is 2.80 bits per heavy atom. The van der Waals surface area contributed by atoms with Crippen molar-refractivity contribution in [2.24, 2.45) is 0 Å². The highest BCUT2D eigenvalue weighted by atomic mass is 79.9. The van der Waals surface area contributed by atoms with Crippen LogP contribution in [0.4, 0.5) is 0 Å². The average molecular weight is 267 g/mol. The SMILES string of the molecule is Cc1c(Br)c2c(c3c1OCC3)C(=O)CC2. The Morgan fingerprint density at radius 2 is 2.00 bits per heavy atom. The van der Waals surface area contributed by atoms with Crippen molar-refractivity contribution in [2.75, 3.05) is 6.61 Å². The maximum absolute atomic E-state index is 11.8. The molecule has 0 spiro atoms. The van der Waals surface area contributed by atoms with Crippen LogP contribution in [0.25, 0.3) is 0 Å². The smallest absolute Gasteiger partial charge is 0.163 e. The quantitative estimate of drug-likeness (QED) is 0.722. The zero-order valence-corrected chi connectivity index (χ0v) is 10.1. The molecule has 0 atom stereocenters. The van der Waals surface area contributed by atoms with Gasteiger partial charge in [0.1, 0.15) is 5.75 Å². The standard InChI is InChI=1S/C12H11BrO2/c1-6-11(13)7-2-3-9(14)10(7)8-4-5-15-12(6)8/h2-5H2,1H3. The monoisotopic (exact) mass is 266 g/mol. The normalized spacial score (nSPS) is 17.6. The van der Waals surface area contributed by atoms with Gasteiger partial charge in [0.15, 0.2) is 5.78 Å². The number of fused-ring (bicyclic) bond motifs is 3. The third kappa shape index (κ3) is 1.13. The molecule has 1 aromatic carbocycles. The lowest BCUT2D eigenvalue weighted by atomic mass is 9.97. The van der Waals surface area contributed by atoms with E-state index in [1.165, 1.54) is 5.56 Å². The molecule has 0 fully saturated rings. The first-order valence-electron chi connectivity index (χ1n) is 5.20. The summed E-state index contributed by atoms with van der Waals surface area (Å²) in [6.07, 6.45) is 2.42. The van der Waals surface area contributed by atoms with Crippen molar-refractivity contribution in [2.45, 2.75) is 26.2 Å². The van der Waals surface area contributed by atoms with E-state index in [2.05, 4.69) is 22.9 Å². The van der Waals surface area contributed by atoms with E-state index in [9.17, 15) is 4.79 Å². The van der Waals surface area contributed by atoms with Crippen molar-refractivity contribution in [3.05, 3.63) is 26.7 Å². The van der Waals surface area contributed by atoms with Gasteiger partial charge in [0.05, 0.1) is 6.61 Å². The molecule has 3 rings (SSSR count). The lowest BCUT2D eigenvalue weighted by Gasteiger charge is -2.11. The molecule has 1 heterocycles. The van der Waals surface area contributed by atoms with Gasteiger partial charge in [-0.05, 0) is 18.9 Å². The molecule has 0 radical (unpaired) electrons. The van der Waals surface area contributed by atoms with Crippen molar-refractivity contribution in [1.82, 2.24) is 0 Å². The van der Waals surface area contributed by atoms with Gasteiger partial charge in [0.2, 0.25) is 0 Å². The van der Waals surface area contributed by atoms with Gasteiger partial charge in [-0.25, -0.2) is 0 Å². The summed E-state index contributed by atoms with van der Waals surface area (Å²) in [4.78, 5) is 11.8. The highest BCUT2D eigenvalue weighted by Gasteiger charge is 2.31. The minimum Gasteiger partial charge on any atom is -0.493 e. The number of carbonyl (C=O) groups is 1. The van der Waals surface area contributed by atoms with Crippen LogP contribution >= 0.6 is 15.9 Å². The molecule has 0 unspecified atom stereocenters. The summed E-state index contributed by atoms with van der Waals surface area (Å²) in [5.74, 6) is 1.23. The number of halogens is 1. The van der Waals surface area contributed by atoms with Crippen LogP contribution in [0.3, 0.4) is 0 Å². The Labute approximate surface area is 96.8 Å². The molecule has 0 saturated heterocycles. The van der Waals surface area contributed by atoms with Gasteiger partial charge < -0.3 is 4.74 Å². The molecule has 0 bridgehead atoms. The number of hydrogen-bond acceptors (Lipinski definition) is 2. The van der Waals surface area contributed by atoms with Crippen LogP contribution in [0.5, 0.6) is 5.75 Å². The largest absolute Gasteiger partial charge is 0.493 e. The first kappa shape index (κ1) is 9.40. The molecule has 15 heavy (non-hydrogen) atoms. The summed E-state index contributed by atoms with van der Waals surface area (Å²) in [7, 11) is 0. The fraction of sp³-hybridized carbons (Fsp3) is 0.417. The topological polar surface area (TPSA) is 26.3 Å². The molecule has 2 nitrogen and oxygen atoms in total. The van der Waals surface area contributed by atoms with Crippen LogP contribution < -0.4 is 4.74 Å². The molecule has 2 aliphatic rings. The van der Waals surface area contributed by atoms with E-state index in [1.54, 1.807) is 0 Å². The lowest BCUT2D eigenvalue weighted by molar-refractivity contribution is 0.0994. The first-order chi connectivity index (χ1) is 7.20. The molecule has 78 valence electrons. The lowest BCUT2D eigenvalue weighted by Crippen LogP contribution is -1.99. The number of hydrogen-bond donors (Lipinski definition) is 0. The Bertz CT molecular complexity index is 477. The third-order valence-corrected chi connectivity index (χ3v) is 4.37. The van der Waals surface area contributed by atoms with Crippen LogP contribution in [0.15, 0.2) is 4.47 Å². The van der Waals surface area contributed by atoms with Crippen molar-refractivity contribution in [3.8, 4) is 5.75 Å². The number of ketones is 1. The zero-order chi connectivity index (χ0) is 10.6. The summed E-state index contributed by atoms with van der Waals surface area (Å²) < 4.78 is 6.67. The Balaban J connectivity index is 2.39. The molecule has 1 aromatic rings. The number of rotatable bonds is 0. The number of ether oxygens (including phenoxy) is 1. The Hall–Kier alpha value is -0.830. The van der Waals surface area contributed by atoms with Crippen LogP contribution in [0.2, 0.25) is 0 Å². The molecule has 0 aromatic heterocycles. The van der Waals surface area contributed by atoms with Gasteiger partial charge in [-0.3, -0.25) is 4.79 Å². The predicted octanol–water partition coefficient (Wildman–Crippen LogP) is 2.82. The van der Waals surface area contributed by atoms with E-state index in [1.807, 2.05) is 0 Å². The van der Waals surface area contributed by atoms with Gasteiger partial charge in [-0.1, -0.05) is 15.9 Å². The summed E-state index contributed by atoms with van der Waals surface area (Å²) in [5.41, 5.74) is 4.44. The van der Waals surface area contributed by atoms with Gasteiger partial charge in [0.25, 0.3) is 0 Å². The minimum absolute atomic E-state index is 0.285. The van der Waals surface area contributed by atoms with E-state index in [0.29, 0.717) is 13.0 Å². The van der Waals surface area contributed by atoms with Crippen LogP contribution in [0, 0.1) is 6.92 Å². The second-order valence-electron chi connectivity index (χ2n) is 4.12. The van der Waals surface area contributed by atoms with Gasteiger partial charge >= 0.3 is 0 Å². The number of carbonyl (C=O) groups excluding carboxylic acids is 1. The fourth-order valence-electron chi connectivity index (χ4n) is 2.58. The minimum atomic E-state index is 0.285. The van der Waals surface area contributed by atoms with Crippen molar-refractivity contribution in [1.29, 1.82) is 0 Å². The van der Waals surface area contributed by atoms with E-state index >= 15 is 0 Å². The van der Waals surface area contributed by atoms with Gasteiger partial charge in [-0.2, -0.15) is 0 Å². The van der Waals surface area contributed by atoms with Crippen molar-refractivity contribution >= 4 is 21.7 Å². The molecule has 0 amide bonds. The van der Waals surface area contributed by atoms with E-state index in [-0.39, 0.29) is 5.78 Å². The molecule has 0 N–H and O–H groups in total. The summed E-state index contributed by atoms with van der Waals surface area (Å²) in [6, 6.07) is 0. The third-order valence-electron chi connectivity index (χ3n) is 3.29. The maximum Gasteiger partial charge on any atom is 0.163 e. The zero-order valence-electron chi connectivity index (χ0n) is 8.52. The highest BCUT2D eigenvalue weighted by molar-refractivity contribution is 9.10. The molecular weight excluding hydrogens is 256 g/mol. The van der Waals surface area contributed by atoms with Crippen molar-refractivity contribution < 1.29 is 9.53 Å². The Kier molecular flexibility index (Phi) is 1.93. The molecule has 1 aliphatic carbocycles. The molecule has 0 saturated carbocycles. The molecule has 1 aliphatic heterocycles. The number of benzene rings is 1. The van der Waals surface area contributed by atoms with Gasteiger partial charge in [0, 0.05) is 34.0 Å². The predicted molar refractivity (Wildman–Crippen MR) is 60.7 cm³/mol. The van der Waals surface area contributed by atoms with Gasteiger partial charge in [-0.15, -0.1) is 0 Å². The average Bonchev–Trinajstić information content (AvgIpc) is 2.80. The second-order valence-corrected chi connectivity index (χ2v) is 4.91. The summed E-state index contributed by atoms with van der Waals surface area (Å²) in [5, 5.41) is 0. The van der Waals surface area contributed by atoms with Crippen LogP contribution in [0.1, 0.15) is 33.5 Å². The summed E-state index contributed by atoms with van der Waals surface area (Å²) in [6.45, 7) is 2.77. The first-order valence-corrected chi connectivity index (χ1v) is 5.99. The van der Waals surface area contributed by atoms with Crippen LogP contribution in [-0.2, 0) is 12.8 Å². The molecule has 3 heteroatoms. The van der Waals surface area contributed by atoms with E-state index in [4.69, 9.17) is 4.74 Å². The van der Waals surface area contributed by atoms with E-state index in [0.717, 1.165) is 39.8 Å². The molecular formula is C12H11BrO2. The summed E-state index contributed by atoms with van der Waals surface area (Å²) >= 11 is 3.58. The van der Waals surface area contributed by atoms with Crippen molar-refractivity contribution in [3.63, 3.8) is 0 Å². The maximum atomic E-state index is 11.8.